The van der Waals surface area contributed by atoms with Crippen LogP contribution in [-0.2, 0) is 12.0 Å². The summed E-state index contributed by atoms with van der Waals surface area (Å²) in [4.78, 5) is 12.9. The normalized spacial score (nSPS) is 13.7. The first-order chi connectivity index (χ1) is 12.3. The summed E-state index contributed by atoms with van der Waals surface area (Å²) in [5.74, 6) is 3.12. The molecule has 26 heavy (non-hydrogen) atoms. The molecule has 0 aliphatic heterocycles. The smallest absolute Gasteiger partial charge is 0.213 e. The molecule has 0 aliphatic carbocycles. The second-order valence-corrected chi connectivity index (χ2v) is 7.81. The van der Waals surface area contributed by atoms with Crippen LogP contribution in [0.25, 0.3) is 0 Å². The molecule has 2 N–H and O–H groups in total. The third kappa shape index (κ3) is 5.58. The first kappa shape index (κ1) is 19.9. The summed E-state index contributed by atoms with van der Waals surface area (Å²) < 4.78 is 5.81. The van der Waals surface area contributed by atoms with E-state index in [0.29, 0.717) is 24.3 Å². The van der Waals surface area contributed by atoms with Gasteiger partial charge in [-0.15, -0.1) is 0 Å². The van der Waals surface area contributed by atoms with Gasteiger partial charge in [-0.05, 0) is 17.5 Å². The summed E-state index contributed by atoms with van der Waals surface area (Å²) in [6.07, 6.45) is 5.53. The predicted octanol–water partition coefficient (Wildman–Crippen LogP) is 3.47. The van der Waals surface area contributed by atoms with Gasteiger partial charge in [-0.2, -0.15) is 0 Å². The average Bonchev–Trinajstić information content (AvgIpc) is 3.08. The lowest BCUT2D eigenvalue weighted by Crippen LogP contribution is -2.39. The Morgan fingerprint density at radius 2 is 2.00 bits per heavy atom. The molecule has 2 rings (SSSR count). The highest BCUT2D eigenvalue weighted by atomic mass is 16.4. The zero-order valence-corrected chi connectivity index (χ0v) is 16.7. The fourth-order valence-corrected chi connectivity index (χ4v) is 2.66. The number of nitrogens with one attached hydrogen (secondary N) is 2. The Bertz CT molecular complexity index is 700. The van der Waals surface area contributed by atoms with E-state index in [0.717, 1.165) is 18.3 Å². The molecule has 6 heteroatoms. The van der Waals surface area contributed by atoms with Crippen molar-refractivity contribution in [1.29, 1.82) is 0 Å². The van der Waals surface area contributed by atoms with Gasteiger partial charge >= 0.3 is 0 Å². The Balaban J connectivity index is 1.92. The zero-order chi connectivity index (χ0) is 19.2. The van der Waals surface area contributed by atoms with Gasteiger partial charge in [0.05, 0.1) is 12.7 Å². The van der Waals surface area contributed by atoms with E-state index in [1.165, 1.54) is 5.56 Å². The fourth-order valence-electron chi connectivity index (χ4n) is 2.66. The number of hydrogen-bond acceptors (Lipinski definition) is 4. The molecule has 0 radical (unpaired) electrons. The van der Waals surface area contributed by atoms with Crippen LogP contribution in [0.5, 0.6) is 0 Å². The molecule has 1 unspecified atom stereocenters. The Hall–Kier alpha value is -2.37. The number of pyridine rings is 1. The van der Waals surface area contributed by atoms with Crippen molar-refractivity contribution < 1.29 is 4.42 Å². The number of hydrogen-bond donors (Lipinski definition) is 2. The summed E-state index contributed by atoms with van der Waals surface area (Å²) in [7, 11) is 1.76. The number of oxazole rings is 1. The topological polar surface area (TPSA) is 75.3 Å². The van der Waals surface area contributed by atoms with Crippen molar-refractivity contribution in [2.75, 3.05) is 13.6 Å². The molecule has 2 aromatic heterocycles. The number of rotatable bonds is 6. The van der Waals surface area contributed by atoms with E-state index in [1.54, 1.807) is 19.4 Å². The SMILES string of the molecule is CN=C(NCc1ncc(C(C)(C)C)o1)NCC(c1cccnc1)C(C)C. The third-order valence-corrected chi connectivity index (χ3v) is 4.33. The van der Waals surface area contributed by atoms with Crippen LogP contribution in [0.15, 0.2) is 40.1 Å². The molecule has 2 aromatic rings. The van der Waals surface area contributed by atoms with Crippen LogP contribution < -0.4 is 10.6 Å². The van der Waals surface area contributed by atoms with Gasteiger partial charge in [0.25, 0.3) is 0 Å². The highest BCUT2D eigenvalue weighted by Gasteiger charge is 2.19. The summed E-state index contributed by atoms with van der Waals surface area (Å²) in [5, 5.41) is 6.66. The Labute approximate surface area is 156 Å². The van der Waals surface area contributed by atoms with Crippen LogP contribution in [0.1, 0.15) is 57.8 Å². The standard InChI is InChI=1S/C20H31N5O/c1-14(2)16(15-8-7-9-22-10-15)11-24-19(21-6)25-13-18-23-12-17(26-18)20(3,4)5/h7-10,12,14,16H,11,13H2,1-6H3,(H2,21,24,25). The minimum atomic E-state index is -0.0423. The van der Waals surface area contributed by atoms with Gasteiger partial charge in [-0.25, -0.2) is 4.98 Å². The maximum absolute atomic E-state index is 5.81. The molecular formula is C20H31N5O. The summed E-state index contributed by atoms with van der Waals surface area (Å²) in [5.41, 5.74) is 1.19. The van der Waals surface area contributed by atoms with Crippen molar-refractivity contribution in [3.8, 4) is 0 Å². The maximum Gasteiger partial charge on any atom is 0.213 e. The predicted molar refractivity (Wildman–Crippen MR) is 105 cm³/mol. The van der Waals surface area contributed by atoms with Crippen LogP contribution in [0.4, 0.5) is 0 Å². The Morgan fingerprint density at radius 1 is 1.23 bits per heavy atom. The Morgan fingerprint density at radius 3 is 2.54 bits per heavy atom. The van der Waals surface area contributed by atoms with Crippen molar-refractivity contribution >= 4 is 5.96 Å². The van der Waals surface area contributed by atoms with Crippen molar-refractivity contribution in [1.82, 2.24) is 20.6 Å². The molecule has 0 saturated carbocycles. The lowest BCUT2D eigenvalue weighted by Gasteiger charge is -2.22. The summed E-state index contributed by atoms with van der Waals surface area (Å²) >= 11 is 0. The first-order valence-corrected chi connectivity index (χ1v) is 9.11. The largest absolute Gasteiger partial charge is 0.443 e. The molecule has 0 aliphatic rings. The van der Waals surface area contributed by atoms with Crippen LogP contribution in [-0.4, -0.2) is 29.5 Å². The zero-order valence-electron chi connectivity index (χ0n) is 16.7. The van der Waals surface area contributed by atoms with Crippen LogP contribution in [0.2, 0.25) is 0 Å². The molecule has 0 fully saturated rings. The number of guanidine groups is 1. The maximum atomic E-state index is 5.81. The molecule has 6 nitrogen and oxygen atoms in total. The molecule has 0 aromatic carbocycles. The Kier molecular flexibility index (Phi) is 6.77. The van der Waals surface area contributed by atoms with Crippen molar-refractivity contribution in [3.05, 3.63) is 47.9 Å². The van der Waals surface area contributed by atoms with Crippen LogP contribution in [0, 0.1) is 5.92 Å². The molecule has 0 bridgehead atoms. The molecule has 142 valence electrons. The summed E-state index contributed by atoms with van der Waals surface area (Å²) in [6.45, 7) is 12.0. The highest BCUT2D eigenvalue weighted by molar-refractivity contribution is 5.79. The fraction of sp³-hybridized carbons (Fsp3) is 0.550. The quantitative estimate of drug-likeness (QED) is 0.611. The molecule has 1 atom stereocenters. The van der Waals surface area contributed by atoms with E-state index < -0.39 is 0 Å². The van der Waals surface area contributed by atoms with Crippen LogP contribution in [0.3, 0.4) is 0 Å². The lowest BCUT2D eigenvalue weighted by molar-refractivity contribution is 0.379. The van der Waals surface area contributed by atoms with E-state index in [4.69, 9.17) is 4.42 Å². The minimum absolute atomic E-state index is 0.0423. The number of aromatic nitrogens is 2. The summed E-state index contributed by atoms with van der Waals surface area (Å²) in [6, 6.07) is 4.10. The van der Waals surface area contributed by atoms with Gasteiger partial charge in [0.2, 0.25) is 5.89 Å². The second-order valence-electron chi connectivity index (χ2n) is 7.81. The first-order valence-electron chi connectivity index (χ1n) is 9.11. The van der Waals surface area contributed by atoms with Crippen LogP contribution >= 0.6 is 0 Å². The molecule has 0 amide bonds. The lowest BCUT2D eigenvalue weighted by atomic mass is 9.89. The van der Waals surface area contributed by atoms with E-state index in [1.807, 2.05) is 12.3 Å². The van der Waals surface area contributed by atoms with E-state index in [-0.39, 0.29) is 5.41 Å². The number of aliphatic imine (C=N–C) groups is 1. The molecule has 0 spiro atoms. The van der Waals surface area contributed by atoms with Gasteiger partial charge in [-0.3, -0.25) is 9.98 Å². The second kappa shape index (κ2) is 8.83. The molecule has 2 heterocycles. The third-order valence-electron chi connectivity index (χ3n) is 4.33. The monoisotopic (exact) mass is 357 g/mol. The van der Waals surface area contributed by atoms with E-state index in [9.17, 15) is 0 Å². The molecular weight excluding hydrogens is 326 g/mol. The van der Waals surface area contributed by atoms with Crippen molar-refractivity contribution in [3.63, 3.8) is 0 Å². The van der Waals surface area contributed by atoms with Gasteiger partial charge in [0.15, 0.2) is 5.96 Å². The van der Waals surface area contributed by atoms with Crippen molar-refractivity contribution in [2.45, 2.75) is 52.5 Å². The highest BCUT2D eigenvalue weighted by Crippen LogP contribution is 2.23. The van der Waals surface area contributed by atoms with Gasteiger partial charge in [0, 0.05) is 37.3 Å². The van der Waals surface area contributed by atoms with Gasteiger partial charge < -0.3 is 15.1 Å². The van der Waals surface area contributed by atoms with Crippen molar-refractivity contribution in [2.24, 2.45) is 10.9 Å². The average molecular weight is 358 g/mol. The number of nitrogens with zero attached hydrogens (tertiary/aromatic N) is 3. The van der Waals surface area contributed by atoms with E-state index in [2.05, 4.69) is 66.3 Å². The van der Waals surface area contributed by atoms with Gasteiger partial charge in [-0.1, -0.05) is 40.7 Å². The van der Waals surface area contributed by atoms with E-state index >= 15 is 0 Å². The minimum Gasteiger partial charge on any atom is -0.443 e. The van der Waals surface area contributed by atoms with Gasteiger partial charge in [0.1, 0.15) is 5.76 Å². The molecule has 0 saturated heterocycles.